The average molecular weight is 298 g/mol. The zero-order chi connectivity index (χ0) is 15.4. The van der Waals surface area contributed by atoms with Crippen molar-refractivity contribution in [3.8, 4) is 0 Å². The van der Waals surface area contributed by atoms with E-state index < -0.39 is 0 Å². The lowest BCUT2D eigenvalue weighted by molar-refractivity contribution is -0.0535. The molecule has 0 heterocycles. The molecule has 1 aliphatic carbocycles. The Kier molecular flexibility index (Phi) is 10.4. The van der Waals surface area contributed by atoms with Gasteiger partial charge >= 0.3 is 0 Å². The third kappa shape index (κ3) is 6.69. The Hall–Kier alpha value is -0.0800. The summed E-state index contributed by atoms with van der Waals surface area (Å²) in [5, 5.41) is 3.58. The number of likely N-dealkylation sites (N-methyl/N-ethyl adjacent to an activating group) is 1. The van der Waals surface area contributed by atoms with E-state index in [0.29, 0.717) is 6.04 Å². The van der Waals surface area contributed by atoms with E-state index in [9.17, 15) is 0 Å². The Morgan fingerprint density at radius 2 is 1.48 bits per heavy atom. The molecule has 1 unspecified atom stereocenters. The fourth-order valence-corrected chi connectivity index (χ4v) is 4.00. The maximum Gasteiger partial charge on any atom is 0.0830 e. The van der Waals surface area contributed by atoms with E-state index in [1.165, 1.54) is 89.9 Å². The van der Waals surface area contributed by atoms with E-state index in [4.69, 9.17) is 4.74 Å². The summed E-state index contributed by atoms with van der Waals surface area (Å²) in [5.74, 6) is 0. The molecule has 1 saturated carbocycles. The van der Waals surface area contributed by atoms with Gasteiger partial charge in [0, 0.05) is 13.2 Å². The minimum Gasteiger partial charge on any atom is -0.377 e. The summed E-state index contributed by atoms with van der Waals surface area (Å²) >= 11 is 0. The van der Waals surface area contributed by atoms with Crippen LogP contribution in [0.3, 0.4) is 0 Å². The Balaban J connectivity index is 2.31. The number of ether oxygens (including phenoxy) is 1. The number of methoxy groups -OCH3 is 1. The highest BCUT2D eigenvalue weighted by atomic mass is 16.5. The fourth-order valence-electron chi connectivity index (χ4n) is 4.00. The smallest absolute Gasteiger partial charge is 0.0830 e. The predicted molar refractivity (Wildman–Crippen MR) is 92.9 cm³/mol. The van der Waals surface area contributed by atoms with E-state index in [0.717, 1.165) is 0 Å². The lowest BCUT2D eigenvalue weighted by Gasteiger charge is -2.39. The van der Waals surface area contributed by atoms with E-state index >= 15 is 0 Å². The van der Waals surface area contributed by atoms with Crippen molar-refractivity contribution in [2.75, 3.05) is 14.2 Å². The molecule has 0 aromatic rings. The molecule has 1 N–H and O–H groups in total. The molecule has 2 heteroatoms. The van der Waals surface area contributed by atoms with Crippen molar-refractivity contribution in [1.82, 2.24) is 5.32 Å². The van der Waals surface area contributed by atoms with Gasteiger partial charge in [0.2, 0.25) is 0 Å². The first-order chi connectivity index (χ1) is 10.3. The van der Waals surface area contributed by atoms with Gasteiger partial charge < -0.3 is 10.1 Å². The van der Waals surface area contributed by atoms with Gasteiger partial charge in [-0.2, -0.15) is 0 Å². The molecule has 0 aromatic heterocycles. The van der Waals surface area contributed by atoms with Gasteiger partial charge in [-0.15, -0.1) is 0 Å². The standard InChI is InChI=1S/C19H39NO/c1-4-5-6-7-8-9-12-15-18(20-2)19(21-3)16-13-10-11-14-17-19/h18,20H,4-17H2,1-3H3. The van der Waals surface area contributed by atoms with Crippen LogP contribution < -0.4 is 5.32 Å². The van der Waals surface area contributed by atoms with Gasteiger partial charge in [0.1, 0.15) is 0 Å². The van der Waals surface area contributed by atoms with Crippen molar-refractivity contribution in [3.05, 3.63) is 0 Å². The molecular formula is C19H39NO. The van der Waals surface area contributed by atoms with E-state index in [1.807, 2.05) is 7.11 Å². The van der Waals surface area contributed by atoms with Gasteiger partial charge in [0.15, 0.2) is 0 Å². The van der Waals surface area contributed by atoms with Crippen LogP contribution in [0.2, 0.25) is 0 Å². The van der Waals surface area contributed by atoms with Crippen LogP contribution in [-0.2, 0) is 4.74 Å². The SMILES string of the molecule is CCCCCCCCCC(NC)C1(OC)CCCCCC1. The van der Waals surface area contributed by atoms with Crippen LogP contribution in [-0.4, -0.2) is 25.8 Å². The second-order valence-corrected chi connectivity index (χ2v) is 6.93. The summed E-state index contributed by atoms with van der Waals surface area (Å²) in [6.07, 6.45) is 19.0. The van der Waals surface area contributed by atoms with Crippen molar-refractivity contribution in [2.24, 2.45) is 0 Å². The molecule has 0 aromatic carbocycles. The topological polar surface area (TPSA) is 21.3 Å². The van der Waals surface area contributed by atoms with Gasteiger partial charge in [-0.25, -0.2) is 0 Å². The second kappa shape index (κ2) is 11.5. The molecule has 1 rings (SSSR count). The largest absolute Gasteiger partial charge is 0.377 e. The highest BCUT2D eigenvalue weighted by Crippen LogP contribution is 2.34. The predicted octanol–water partition coefficient (Wildman–Crippen LogP) is 5.45. The summed E-state index contributed by atoms with van der Waals surface area (Å²) in [6, 6.07) is 0.538. The Morgan fingerprint density at radius 1 is 0.905 bits per heavy atom. The normalized spacial score (nSPS) is 20.1. The minimum atomic E-state index is 0.105. The third-order valence-corrected chi connectivity index (χ3v) is 5.44. The van der Waals surface area contributed by atoms with Gasteiger partial charge in [0.25, 0.3) is 0 Å². The number of hydrogen-bond acceptors (Lipinski definition) is 2. The van der Waals surface area contributed by atoms with Crippen LogP contribution in [0.5, 0.6) is 0 Å². The quantitative estimate of drug-likeness (QED) is 0.404. The van der Waals surface area contributed by atoms with E-state index in [2.05, 4.69) is 19.3 Å². The number of unbranched alkanes of at least 4 members (excludes halogenated alkanes) is 6. The van der Waals surface area contributed by atoms with Crippen molar-refractivity contribution in [3.63, 3.8) is 0 Å². The van der Waals surface area contributed by atoms with Crippen LogP contribution in [0.25, 0.3) is 0 Å². The lowest BCUT2D eigenvalue weighted by atomic mass is 9.83. The molecule has 0 aliphatic heterocycles. The molecule has 0 amide bonds. The molecule has 1 aliphatic rings. The highest BCUT2D eigenvalue weighted by molar-refractivity contribution is 4.93. The Bertz CT molecular complexity index is 234. The van der Waals surface area contributed by atoms with Crippen LogP contribution in [0.4, 0.5) is 0 Å². The van der Waals surface area contributed by atoms with Crippen molar-refractivity contribution in [1.29, 1.82) is 0 Å². The third-order valence-electron chi connectivity index (χ3n) is 5.44. The Morgan fingerprint density at radius 3 is 2.00 bits per heavy atom. The summed E-state index contributed by atoms with van der Waals surface area (Å²) in [4.78, 5) is 0. The van der Waals surface area contributed by atoms with Crippen molar-refractivity contribution < 1.29 is 4.74 Å². The average Bonchev–Trinajstić information content (AvgIpc) is 2.76. The molecule has 0 saturated heterocycles. The molecule has 2 nitrogen and oxygen atoms in total. The van der Waals surface area contributed by atoms with E-state index in [1.54, 1.807) is 0 Å². The molecular weight excluding hydrogens is 258 g/mol. The highest BCUT2D eigenvalue weighted by Gasteiger charge is 2.37. The molecule has 0 bridgehead atoms. The van der Waals surface area contributed by atoms with Crippen molar-refractivity contribution in [2.45, 2.75) is 108 Å². The van der Waals surface area contributed by atoms with Gasteiger partial charge in [0.05, 0.1) is 5.60 Å². The summed E-state index contributed by atoms with van der Waals surface area (Å²) in [6.45, 7) is 2.29. The molecule has 126 valence electrons. The number of nitrogens with one attached hydrogen (secondary N) is 1. The van der Waals surface area contributed by atoms with Gasteiger partial charge in [-0.3, -0.25) is 0 Å². The zero-order valence-electron chi connectivity index (χ0n) is 14.9. The molecule has 1 fully saturated rings. The molecule has 0 radical (unpaired) electrons. The van der Waals surface area contributed by atoms with Gasteiger partial charge in [-0.1, -0.05) is 77.6 Å². The number of hydrogen-bond donors (Lipinski definition) is 1. The minimum absolute atomic E-state index is 0.105. The summed E-state index contributed by atoms with van der Waals surface area (Å²) in [7, 11) is 4.05. The van der Waals surface area contributed by atoms with Gasteiger partial charge in [-0.05, 0) is 26.3 Å². The van der Waals surface area contributed by atoms with Crippen LogP contribution in [0.1, 0.15) is 96.8 Å². The molecule has 21 heavy (non-hydrogen) atoms. The molecule has 1 atom stereocenters. The van der Waals surface area contributed by atoms with Crippen molar-refractivity contribution >= 4 is 0 Å². The monoisotopic (exact) mass is 297 g/mol. The first-order valence-electron chi connectivity index (χ1n) is 9.51. The summed E-state index contributed by atoms with van der Waals surface area (Å²) < 4.78 is 6.06. The fraction of sp³-hybridized carbons (Fsp3) is 1.00. The zero-order valence-corrected chi connectivity index (χ0v) is 14.9. The molecule has 0 spiro atoms. The Labute approximate surface area is 133 Å². The summed E-state index contributed by atoms with van der Waals surface area (Å²) in [5.41, 5.74) is 0.105. The first kappa shape index (κ1) is 19.0. The van der Waals surface area contributed by atoms with Crippen LogP contribution >= 0.6 is 0 Å². The maximum absolute atomic E-state index is 6.06. The second-order valence-electron chi connectivity index (χ2n) is 6.93. The van der Waals surface area contributed by atoms with Crippen LogP contribution in [0, 0.1) is 0 Å². The van der Waals surface area contributed by atoms with Crippen LogP contribution in [0.15, 0.2) is 0 Å². The number of rotatable bonds is 11. The maximum atomic E-state index is 6.06. The lowest BCUT2D eigenvalue weighted by Crippen LogP contribution is -2.50. The van der Waals surface area contributed by atoms with E-state index in [-0.39, 0.29) is 5.60 Å². The first-order valence-corrected chi connectivity index (χ1v) is 9.51.